The molecular formula is C14H26N2O2. The minimum absolute atomic E-state index is 0.103. The molecule has 0 aromatic carbocycles. The Balaban J connectivity index is 2.17. The highest BCUT2D eigenvalue weighted by Gasteiger charge is 2.28. The topological polar surface area (TPSA) is 63.4 Å². The molecule has 0 spiro atoms. The first-order valence-electron chi connectivity index (χ1n) is 7.08. The maximum absolute atomic E-state index is 12.1. The number of likely N-dealkylation sites (tertiary alicyclic amines) is 1. The average molecular weight is 254 g/mol. The number of hydrogen-bond donors (Lipinski definition) is 1. The van der Waals surface area contributed by atoms with E-state index in [4.69, 9.17) is 5.73 Å². The standard InChI is InChI=1S/C14H26N2O2/c1-11-7-6-10-16(11)14(18)13(15)9-5-3-4-8-12(2)17/h11,13H,3-10,15H2,1-2H3/t11-,13+/m1/s1. The van der Waals surface area contributed by atoms with Crippen LogP contribution >= 0.6 is 0 Å². The van der Waals surface area contributed by atoms with E-state index >= 15 is 0 Å². The second kappa shape index (κ2) is 7.52. The molecule has 1 rings (SSSR count). The van der Waals surface area contributed by atoms with Gasteiger partial charge in [0.25, 0.3) is 0 Å². The summed E-state index contributed by atoms with van der Waals surface area (Å²) in [6.45, 7) is 4.56. The van der Waals surface area contributed by atoms with E-state index in [2.05, 4.69) is 6.92 Å². The second-order valence-corrected chi connectivity index (χ2v) is 5.43. The van der Waals surface area contributed by atoms with Gasteiger partial charge in [0.15, 0.2) is 0 Å². The Bertz CT molecular complexity index is 292. The lowest BCUT2D eigenvalue weighted by Gasteiger charge is -2.24. The normalized spacial score (nSPS) is 21.1. The van der Waals surface area contributed by atoms with Crippen molar-refractivity contribution in [3.63, 3.8) is 0 Å². The third-order valence-electron chi connectivity index (χ3n) is 3.70. The zero-order chi connectivity index (χ0) is 13.5. The van der Waals surface area contributed by atoms with Crippen molar-refractivity contribution in [1.82, 2.24) is 4.90 Å². The highest BCUT2D eigenvalue weighted by atomic mass is 16.2. The number of rotatable bonds is 7. The molecule has 0 aromatic heterocycles. The lowest BCUT2D eigenvalue weighted by Crippen LogP contribution is -2.45. The van der Waals surface area contributed by atoms with Crippen molar-refractivity contribution in [2.45, 2.75) is 70.9 Å². The average Bonchev–Trinajstić information content (AvgIpc) is 2.73. The lowest BCUT2D eigenvalue weighted by atomic mass is 10.1. The minimum Gasteiger partial charge on any atom is -0.339 e. The van der Waals surface area contributed by atoms with Crippen LogP contribution in [0.3, 0.4) is 0 Å². The number of unbranched alkanes of at least 4 members (excludes halogenated alkanes) is 2. The summed E-state index contributed by atoms with van der Waals surface area (Å²) in [4.78, 5) is 24.8. The van der Waals surface area contributed by atoms with E-state index in [1.807, 2.05) is 4.90 Å². The second-order valence-electron chi connectivity index (χ2n) is 5.43. The van der Waals surface area contributed by atoms with Gasteiger partial charge in [-0.2, -0.15) is 0 Å². The number of ketones is 1. The van der Waals surface area contributed by atoms with Gasteiger partial charge >= 0.3 is 0 Å². The first-order valence-corrected chi connectivity index (χ1v) is 7.08. The molecule has 0 bridgehead atoms. The van der Waals surface area contributed by atoms with E-state index in [-0.39, 0.29) is 17.7 Å². The maximum Gasteiger partial charge on any atom is 0.239 e. The third-order valence-corrected chi connectivity index (χ3v) is 3.70. The molecular weight excluding hydrogens is 228 g/mol. The molecule has 1 aliphatic heterocycles. The van der Waals surface area contributed by atoms with Gasteiger partial charge in [-0.15, -0.1) is 0 Å². The van der Waals surface area contributed by atoms with Gasteiger partial charge in [0, 0.05) is 19.0 Å². The van der Waals surface area contributed by atoms with E-state index in [9.17, 15) is 9.59 Å². The number of carbonyl (C=O) groups is 2. The Labute approximate surface area is 110 Å². The summed E-state index contributed by atoms with van der Waals surface area (Å²) in [6.07, 6.45) is 6.40. The summed E-state index contributed by atoms with van der Waals surface area (Å²) in [6, 6.07) is -0.0101. The highest BCUT2D eigenvalue weighted by molar-refractivity contribution is 5.82. The van der Waals surface area contributed by atoms with Crippen molar-refractivity contribution >= 4 is 11.7 Å². The molecule has 1 amide bonds. The van der Waals surface area contributed by atoms with Crippen molar-refractivity contribution in [2.75, 3.05) is 6.54 Å². The van der Waals surface area contributed by atoms with Crippen molar-refractivity contribution in [3.8, 4) is 0 Å². The first kappa shape index (κ1) is 15.2. The SMILES string of the molecule is CC(=O)CCCCC[C@H](N)C(=O)N1CCC[C@H]1C. The van der Waals surface area contributed by atoms with Gasteiger partial charge in [0.2, 0.25) is 5.91 Å². The summed E-state index contributed by atoms with van der Waals surface area (Å²) in [5.74, 6) is 0.341. The van der Waals surface area contributed by atoms with Crippen LogP contribution in [0.5, 0.6) is 0 Å². The van der Waals surface area contributed by atoms with Gasteiger partial charge in [0.1, 0.15) is 5.78 Å². The van der Waals surface area contributed by atoms with Crippen LogP contribution in [0.4, 0.5) is 0 Å². The molecule has 0 radical (unpaired) electrons. The maximum atomic E-state index is 12.1. The van der Waals surface area contributed by atoms with Crippen molar-refractivity contribution in [2.24, 2.45) is 5.73 Å². The Morgan fingerprint density at radius 3 is 2.61 bits per heavy atom. The summed E-state index contributed by atoms with van der Waals surface area (Å²) in [5.41, 5.74) is 5.94. The number of carbonyl (C=O) groups excluding carboxylic acids is 2. The van der Waals surface area contributed by atoms with Crippen LogP contribution in [-0.2, 0) is 9.59 Å². The quantitative estimate of drug-likeness (QED) is 0.705. The molecule has 1 aliphatic rings. The lowest BCUT2D eigenvalue weighted by molar-refractivity contribution is -0.133. The molecule has 18 heavy (non-hydrogen) atoms. The fourth-order valence-corrected chi connectivity index (χ4v) is 2.51. The van der Waals surface area contributed by atoms with E-state index in [1.54, 1.807) is 6.92 Å². The molecule has 2 atom stereocenters. The molecule has 4 heteroatoms. The van der Waals surface area contributed by atoms with E-state index in [0.717, 1.165) is 45.1 Å². The van der Waals surface area contributed by atoms with Crippen molar-refractivity contribution in [3.05, 3.63) is 0 Å². The van der Waals surface area contributed by atoms with E-state index in [1.165, 1.54) is 0 Å². The molecule has 1 fully saturated rings. The third kappa shape index (κ3) is 4.77. The Kier molecular flexibility index (Phi) is 6.33. The molecule has 104 valence electrons. The van der Waals surface area contributed by atoms with Crippen molar-refractivity contribution < 1.29 is 9.59 Å². The molecule has 4 nitrogen and oxygen atoms in total. The van der Waals surface area contributed by atoms with Gasteiger partial charge < -0.3 is 15.4 Å². The molecule has 1 heterocycles. The summed E-state index contributed by atoms with van der Waals surface area (Å²) in [7, 11) is 0. The number of Topliss-reactive ketones (excluding diaryl/α,β-unsaturated/α-hetero) is 1. The van der Waals surface area contributed by atoms with Crippen molar-refractivity contribution in [1.29, 1.82) is 0 Å². The van der Waals surface area contributed by atoms with Crippen LogP contribution < -0.4 is 5.73 Å². The Hall–Kier alpha value is -0.900. The van der Waals surface area contributed by atoms with Crippen LogP contribution in [0.1, 0.15) is 58.8 Å². The summed E-state index contributed by atoms with van der Waals surface area (Å²) < 4.78 is 0. The Morgan fingerprint density at radius 1 is 1.33 bits per heavy atom. The molecule has 0 aromatic rings. The van der Waals surface area contributed by atoms with Gasteiger partial charge in [-0.25, -0.2) is 0 Å². The zero-order valence-corrected chi connectivity index (χ0v) is 11.7. The van der Waals surface area contributed by atoms with Crippen LogP contribution in [0.15, 0.2) is 0 Å². The molecule has 0 unspecified atom stereocenters. The first-order chi connectivity index (χ1) is 8.52. The molecule has 0 aliphatic carbocycles. The molecule has 0 saturated carbocycles. The van der Waals surface area contributed by atoms with Gasteiger partial charge in [0.05, 0.1) is 6.04 Å². The zero-order valence-electron chi connectivity index (χ0n) is 11.7. The van der Waals surface area contributed by atoms with Crippen LogP contribution in [0, 0.1) is 0 Å². The molecule has 1 saturated heterocycles. The van der Waals surface area contributed by atoms with Crippen LogP contribution in [-0.4, -0.2) is 35.2 Å². The predicted octanol–water partition coefficient (Wildman–Crippen LogP) is 1.86. The fraction of sp³-hybridized carbons (Fsp3) is 0.857. The largest absolute Gasteiger partial charge is 0.339 e. The van der Waals surface area contributed by atoms with Crippen LogP contribution in [0.25, 0.3) is 0 Å². The molecule has 2 N–H and O–H groups in total. The number of amides is 1. The van der Waals surface area contributed by atoms with Gasteiger partial charge in [-0.1, -0.05) is 12.8 Å². The number of hydrogen-bond acceptors (Lipinski definition) is 3. The Morgan fingerprint density at radius 2 is 2.06 bits per heavy atom. The van der Waals surface area contributed by atoms with Gasteiger partial charge in [-0.05, 0) is 39.5 Å². The number of nitrogens with zero attached hydrogens (tertiary/aromatic N) is 1. The smallest absolute Gasteiger partial charge is 0.239 e. The monoisotopic (exact) mass is 254 g/mol. The van der Waals surface area contributed by atoms with E-state index in [0.29, 0.717) is 12.5 Å². The highest BCUT2D eigenvalue weighted by Crippen LogP contribution is 2.18. The predicted molar refractivity (Wildman–Crippen MR) is 72.2 cm³/mol. The van der Waals surface area contributed by atoms with E-state index < -0.39 is 0 Å². The van der Waals surface area contributed by atoms with Gasteiger partial charge in [-0.3, -0.25) is 4.79 Å². The summed E-state index contributed by atoms with van der Waals surface area (Å²) >= 11 is 0. The summed E-state index contributed by atoms with van der Waals surface area (Å²) in [5, 5.41) is 0. The number of nitrogens with two attached hydrogens (primary N) is 1. The van der Waals surface area contributed by atoms with Crippen LogP contribution in [0.2, 0.25) is 0 Å². The minimum atomic E-state index is -0.358. The fourth-order valence-electron chi connectivity index (χ4n) is 2.51.